The van der Waals surface area contributed by atoms with Crippen LogP contribution in [0.2, 0.25) is 0 Å². The summed E-state index contributed by atoms with van der Waals surface area (Å²) in [5.41, 5.74) is 0. The first kappa shape index (κ1) is 12.1. The van der Waals surface area contributed by atoms with Crippen LogP contribution in [0.5, 0.6) is 0 Å². The number of carbonyl (C=O) groups is 2. The van der Waals surface area contributed by atoms with Gasteiger partial charge in [-0.05, 0) is 25.8 Å². The van der Waals surface area contributed by atoms with E-state index in [1.165, 1.54) is 0 Å². The molecule has 5 heteroatoms. The predicted octanol–water partition coefficient (Wildman–Crippen LogP) is -0.238. The number of nitrogens with zero attached hydrogens (tertiary/aromatic N) is 1. The Bertz CT molecular complexity index is 215. The van der Waals surface area contributed by atoms with E-state index in [2.05, 4.69) is 5.32 Å². The Morgan fingerprint density at radius 1 is 1.20 bits per heavy atom. The molecule has 1 aliphatic heterocycles. The second-order valence-corrected chi connectivity index (χ2v) is 3.74. The number of hydrogen-bond acceptors (Lipinski definition) is 4. The zero-order valence-corrected chi connectivity index (χ0v) is 9.12. The number of nitrogens with one attached hydrogen (secondary N) is 1. The number of ether oxygens (including phenoxy) is 1. The second-order valence-electron chi connectivity index (χ2n) is 3.74. The Balaban J connectivity index is 2.10. The Hall–Kier alpha value is -0.940. The SMILES string of the molecule is COCCCCCN1CC(=O)NC(=O)C1. The summed E-state index contributed by atoms with van der Waals surface area (Å²) in [6.45, 7) is 2.27. The largest absolute Gasteiger partial charge is 0.385 e. The average molecular weight is 214 g/mol. The van der Waals surface area contributed by atoms with Gasteiger partial charge in [0.1, 0.15) is 0 Å². The fourth-order valence-electron chi connectivity index (χ4n) is 1.61. The van der Waals surface area contributed by atoms with E-state index >= 15 is 0 Å². The molecule has 1 saturated heterocycles. The lowest BCUT2D eigenvalue weighted by Gasteiger charge is -2.24. The molecule has 2 amide bonds. The normalized spacial score (nSPS) is 17.9. The van der Waals surface area contributed by atoms with Gasteiger partial charge in [-0.3, -0.25) is 19.8 Å². The molecular formula is C10H18N2O3. The summed E-state index contributed by atoms with van der Waals surface area (Å²) in [5, 5.41) is 2.28. The predicted molar refractivity (Wildman–Crippen MR) is 55.3 cm³/mol. The summed E-state index contributed by atoms with van der Waals surface area (Å²) in [5.74, 6) is -0.383. The van der Waals surface area contributed by atoms with Gasteiger partial charge in [0.15, 0.2) is 0 Å². The molecule has 0 aliphatic carbocycles. The molecule has 0 unspecified atom stereocenters. The monoisotopic (exact) mass is 214 g/mol. The molecule has 15 heavy (non-hydrogen) atoms. The van der Waals surface area contributed by atoms with E-state index in [9.17, 15) is 9.59 Å². The van der Waals surface area contributed by atoms with Crippen LogP contribution in [0, 0.1) is 0 Å². The highest BCUT2D eigenvalue weighted by Crippen LogP contribution is 2.01. The van der Waals surface area contributed by atoms with Gasteiger partial charge in [-0.15, -0.1) is 0 Å². The quantitative estimate of drug-likeness (QED) is 0.490. The first-order valence-electron chi connectivity index (χ1n) is 5.26. The highest BCUT2D eigenvalue weighted by molar-refractivity contribution is 5.99. The van der Waals surface area contributed by atoms with Crippen molar-refractivity contribution in [2.45, 2.75) is 19.3 Å². The summed E-state index contributed by atoms with van der Waals surface area (Å²) in [6, 6.07) is 0. The number of piperazine rings is 1. The molecule has 1 fully saturated rings. The van der Waals surface area contributed by atoms with Crippen LogP contribution < -0.4 is 5.32 Å². The molecule has 0 atom stereocenters. The van der Waals surface area contributed by atoms with Crippen molar-refractivity contribution in [1.82, 2.24) is 10.2 Å². The van der Waals surface area contributed by atoms with Gasteiger partial charge in [0.2, 0.25) is 11.8 Å². The van der Waals surface area contributed by atoms with Gasteiger partial charge in [0, 0.05) is 13.7 Å². The van der Waals surface area contributed by atoms with E-state index in [0.29, 0.717) is 13.1 Å². The first-order valence-corrected chi connectivity index (χ1v) is 5.26. The van der Waals surface area contributed by atoms with E-state index in [1.807, 2.05) is 4.90 Å². The summed E-state index contributed by atoms with van der Waals surface area (Å²) >= 11 is 0. The molecule has 5 nitrogen and oxygen atoms in total. The minimum absolute atomic E-state index is 0.192. The number of unbranched alkanes of at least 4 members (excludes halogenated alkanes) is 2. The van der Waals surface area contributed by atoms with Crippen molar-refractivity contribution in [3.05, 3.63) is 0 Å². The maximum atomic E-state index is 11.0. The molecule has 1 aliphatic rings. The van der Waals surface area contributed by atoms with E-state index in [-0.39, 0.29) is 11.8 Å². The van der Waals surface area contributed by atoms with Crippen LogP contribution in [0.1, 0.15) is 19.3 Å². The Labute approximate surface area is 89.8 Å². The van der Waals surface area contributed by atoms with Gasteiger partial charge in [-0.25, -0.2) is 0 Å². The summed E-state index contributed by atoms with van der Waals surface area (Å²) < 4.78 is 4.94. The fourth-order valence-corrected chi connectivity index (χ4v) is 1.61. The summed E-state index contributed by atoms with van der Waals surface area (Å²) in [4.78, 5) is 23.9. The highest BCUT2D eigenvalue weighted by Gasteiger charge is 2.21. The van der Waals surface area contributed by atoms with Crippen LogP contribution in [0.15, 0.2) is 0 Å². The van der Waals surface area contributed by atoms with Crippen LogP contribution in [0.3, 0.4) is 0 Å². The van der Waals surface area contributed by atoms with Crippen LogP contribution in [-0.4, -0.2) is 50.1 Å². The lowest BCUT2D eigenvalue weighted by molar-refractivity contribution is -0.136. The zero-order chi connectivity index (χ0) is 11.1. The third-order valence-corrected chi connectivity index (χ3v) is 2.34. The van der Waals surface area contributed by atoms with Gasteiger partial charge in [-0.2, -0.15) is 0 Å². The van der Waals surface area contributed by atoms with Crippen molar-refractivity contribution in [2.75, 3.05) is 33.4 Å². The maximum Gasteiger partial charge on any atom is 0.240 e. The third-order valence-electron chi connectivity index (χ3n) is 2.34. The third kappa shape index (κ3) is 4.90. The van der Waals surface area contributed by atoms with Gasteiger partial charge < -0.3 is 4.74 Å². The van der Waals surface area contributed by atoms with Gasteiger partial charge in [-0.1, -0.05) is 0 Å². The van der Waals surface area contributed by atoms with Crippen molar-refractivity contribution in [1.29, 1.82) is 0 Å². The molecule has 0 bridgehead atoms. The average Bonchev–Trinajstić information content (AvgIpc) is 2.16. The lowest BCUT2D eigenvalue weighted by Crippen LogP contribution is -2.51. The van der Waals surface area contributed by atoms with E-state index in [0.717, 1.165) is 32.4 Å². The van der Waals surface area contributed by atoms with Crippen molar-refractivity contribution >= 4 is 11.8 Å². The molecule has 1 N–H and O–H groups in total. The minimum Gasteiger partial charge on any atom is -0.385 e. The number of imide groups is 1. The standard InChI is InChI=1S/C10H18N2O3/c1-15-6-4-2-3-5-12-7-9(13)11-10(14)8-12/h2-8H2,1H3,(H,11,13,14). The molecule has 1 heterocycles. The van der Waals surface area contributed by atoms with Crippen LogP contribution in [0.4, 0.5) is 0 Å². The number of hydrogen-bond donors (Lipinski definition) is 1. The van der Waals surface area contributed by atoms with Crippen LogP contribution in [0.25, 0.3) is 0 Å². The first-order chi connectivity index (χ1) is 7.22. The summed E-state index contributed by atoms with van der Waals surface area (Å²) in [6.07, 6.45) is 3.11. The fraction of sp³-hybridized carbons (Fsp3) is 0.800. The smallest absolute Gasteiger partial charge is 0.240 e. The maximum absolute atomic E-state index is 11.0. The number of methoxy groups -OCH3 is 1. The number of rotatable bonds is 6. The number of carbonyl (C=O) groups excluding carboxylic acids is 2. The van der Waals surface area contributed by atoms with E-state index in [1.54, 1.807) is 7.11 Å². The molecule has 1 rings (SSSR count). The topological polar surface area (TPSA) is 58.6 Å². The van der Waals surface area contributed by atoms with E-state index in [4.69, 9.17) is 4.74 Å². The number of amides is 2. The zero-order valence-electron chi connectivity index (χ0n) is 9.12. The summed E-state index contributed by atoms with van der Waals surface area (Å²) in [7, 11) is 1.69. The molecule has 0 radical (unpaired) electrons. The van der Waals surface area contributed by atoms with Gasteiger partial charge >= 0.3 is 0 Å². The Morgan fingerprint density at radius 3 is 2.47 bits per heavy atom. The second kappa shape index (κ2) is 6.53. The van der Waals surface area contributed by atoms with Crippen molar-refractivity contribution in [2.24, 2.45) is 0 Å². The van der Waals surface area contributed by atoms with Crippen LogP contribution >= 0.6 is 0 Å². The van der Waals surface area contributed by atoms with Crippen molar-refractivity contribution in [3.63, 3.8) is 0 Å². The molecule has 0 saturated carbocycles. The molecule has 0 spiro atoms. The van der Waals surface area contributed by atoms with Crippen molar-refractivity contribution in [3.8, 4) is 0 Å². The van der Waals surface area contributed by atoms with Crippen molar-refractivity contribution < 1.29 is 14.3 Å². The lowest BCUT2D eigenvalue weighted by atomic mass is 10.2. The minimum atomic E-state index is -0.192. The Kier molecular flexibility index (Phi) is 5.28. The molecule has 86 valence electrons. The molecular weight excluding hydrogens is 196 g/mol. The van der Waals surface area contributed by atoms with Gasteiger partial charge in [0.25, 0.3) is 0 Å². The van der Waals surface area contributed by atoms with E-state index < -0.39 is 0 Å². The molecule has 0 aromatic heterocycles. The highest BCUT2D eigenvalue weighted by atomic mass is 16.5. The van der Waals surface area contributed by atoms with Gasteiger partial charge in [0.05, 0.1) is 13.1 Å². The molecule has 0 aromatic rings. The Morgan fingerprint density at radius 2 is 1.87 bits per heavy atom. The van der Waals surface area contributed by atoms with Crippen LogP contribution in [-0.2, 0) is 14.3 Å². The molecule has 0 aromatic carbocycles.